The lowest BCUT2D eigenvalue weighted by Gasteiger charge is -2.05. The van der Waals surface area contributed by atoms with E-state index >= 15 is 0 Å². The first kappa shape index (κ1) is 11.9. The summed E-state index contributed by atoms with van der Waals surface area (Å²) in [6.45, 7) is 5.90. The van der Waals surface area contributed by atoms with Gasteiger partial charge >= 0.3 is 0 Å². The van der Waals surface area contributed by atoms with E-state index in [0.717, 1.165) is 25.3 Å². The van der Waals surface area contributed by atoms with Gasteiger partial charge in [-0.1, -0.05) is 31.2 Å². The summed E-state index contributed by atoms with van der Waals surface area (Å²) in [6.07, 6.45) is 2.84. The molecule has 1 aromatic heterocycles. The zero-order valence-electron chi connectivity index (χ0n) is 10.5. The van der Waals surface area contributed by atoms with Crippen molar-refractivity contribution in [3.8, 4) is 0 Å². The quantitative estimate of drug-likeness (QED) is 0.849. The molecule has 0 spiro atoms. The van der Waals surface area contributed by atoms with Crippen molar-refractivity contribution in [2.75, 3.05) is 0 Å². The molecule has 0 fully saturated rings. The number of nitrogens with one attached hydrogen (secondary N) is 1. The molecule has 0 unspecified atom stereocenters. The molecule has 1 aromatic carbocycles. The first-order valence-electron chi connectivity index (χ1n) is 6.11. The Morgan fingerprint density at radius 1 is 1.00 bits per heavy atom. The van der Waals surface area contributed by atoms with Crippen LogP contribution in [0.1, 0.15) is 29.4 Å². The van der Waals surface area contributed by atoms with Crippen molar-refractivity contribution in [2.24, 2.45) is 0 Å². The van der Waals surface area contributed by atoms with E-state index in [1.54, 1.807) is 6.26 Å². The molecule has 0 atom stereocenters. The second-order valence-electron chi connectivity index (χ2n) is 4.30. The molecule has 0 saturated heterocycles. The molecule has 0 amide bonds. The van der Waals surface area contributed by atoms with Crippen LogP contribution in [0, 0.1) is 6.92 Å². The monoisotopic (exact) mass is 229 g/mol. The Kier molecular flexibility index (Phi) is 3.99. The number of rotatable bonds is 5. The first-order valence-corrected chi connectivity index (χ1v) is 6.11. The second-order valence-corrected chi connectivity index (χ2v) is 4.30. The standard InChI is InChI=1S/C15H19NO/c1-3-13-4-6-14(7-5-13)10-16-11-15-12(2)8-9-17-15/h4-9,16H,3,10-11H2,1-2H3. The van der Waals surface area contributed by atoms with Gasteiger partial charge in [-0.25, -0.2) is 0 Å². The van der Waals surface area contributed by atoms with Gasteiger partial charge in [0.25, 0.3) is 0 Å². The minimum Gasteiger partial charge on any atom is -0.468 e. The summed E-state index contributed by atoms with van der Waals surface area (Å²) >= 11 is 0. The Hall–Kier alpha value is -1.54. The summed E-state index contributed by atoms with van der Waals surface area (Å²) in [7, 11) is 0. The van der Waals surface area contributed by atoms with Gasteiger partial charge in [-0.2, -0.15) is 0 Å². The zero-order valence-corrected chi connectivity index (χ0v) is 10.5. The van der Waals surface area contributed by atoms with Gasteiger partial charge in [0.1, 0.15) is 5.76 Å². The van der Waals surface area contributed by atoms with Crippen LogP contribution in [0.5, 0.6) is 0 Å². The van der Waals surface area contributed by atoms with Crippen LogP contribution in [0.2, 0.25) is 0 Å². The molecule has 1 heterocycles. The third-order valence-electron chi connectivity index (χ3n) is 3.01. The van der Waals surface area contributed by atoms with Crippen LogP contribution in [-0.4, -0.2) is 0 Å². The maximum absolute atomic E-state index is 5.38. The highest BCUT2D eigenvalue weighted by Gasteiger charge is 2.00. The van der Waals surface area contributed by atoms with Crippen LogP contribution in [0.4, 0.5) is 0 Å². The highest BCUT2D eigenvalue weighted by molar-refractivity contribution is 5.22. The van der Waals surface area contributed by atoms with Crippen LogP contribution in [-0.2, 0) is 19.5 Å². The Labute approximate surface area is 103 Å². The molecule has 0 bridgehead atoms. The Morgan fingerprint density at radius 2 is 1.71 bits per heavy atom. The van der Waals surface area contributed by atoms with Crippen LogP contribution >= 0.6 is 0 Å². The van der Waals surface area contributed by atoms with Gasteiger partial charge < -0.3 is 9.73 Å². The van der Waals surface area contributed by atoms with E-state index in [9.17, 15) is 0 Å². The van der Waals surface area contributed by atoms with Gasteiger partial charge in [-0.15, -0.1) is 0 Å². The number of benzene rings is 1. The van der Waals surface area contributed by atoms with Crippen molar-refractivity contribution in [1.82, 2.24) is 5.32 Å². The topological polar surface area (TPSA) is 25.2 Å². The molecular weight excluding hydrogens is 210 g/mol. The van der Waals surface area contributed by atoms with Crippen LogP contribution < -0.4 is 5.32 Å². The third-order valence-corrected chi connectivity index (χ3v) is 3.01. The molecule has 0 radical (unpaired) electrons. The Morgan fingerprint density at radius 3 is 2.29 bits per heavy atom. The molecule has 0 aliphatic carbocycles. The van der Waals surface area contributed by atoms with E-state index in [1.165, 1.54) is 16.7 Å². The number of hydrogen-bond acceptors (Lipinski definition) is 2. The van der Waals surface area contributed by atoms with Crippen molar-refractivity contribution >= 4 is 0 Å². The van der Waals surface area contributed by atoms with Gasteiger partial charge in [0.2, 0.25) is 0 Å². The molecule has 2 aromatic rings. The third kappa shape index (κ3) is 3.21. The molecule has 2 heteroatoms. The van der Waals surface area contributed by atoms with E-state index < -0.39 is 0 Å². The summed E-state index contributed by atoms with van der Waals surface area (Å²) < 4.78 is 5.38. The molecule has 0 aliphatic heterocycles. The van der Waals surface area contributed by atoms with E-state index in [0.29, 0.717) is 0 Å². The molecule has 17 heavy (non-hydrogen) atoms. The van der Waals surface area contributed by atoms with Gasteiger partial charge in [-0.3, -0.25) is 0 Å². The average molecular weight is 229 g/mol. The van der Waals surface area contributed by atoms with E-state index in [2.05, 4.69) is 43.4 Å². The maximum Gasteiger partial charge on any atom is 0.120 e. The number of hydrogen-bond donors (Lipinski definition) is 1. The molecule has 0 saturated carbocycles. The van der Waals surface area contributed by atoms with Gasteiger partial charge in [-0.05, 0) is 36.1 Å². The van der Waals surface area contributed by atoms with Gasteiger partial charge in [0.05, 0.1) is 12.8 Å². The lowest BCUT2D eigenvalue weighted by Crippen LogP contribution is -2.12. The van der Waals surface area contributed by atoms with Crippen molar-refractivity contribution in [3.05, 3.63) is 59.0 Å². The SMILES string of the molecule is CCc1ccc(CNCc2occc2C)cc1. The summed E-state index contributed by atoms with van der Waals surface area (Å²) in [4.78, 5) is 0. The molecule has 0 aliphatic rings. The zero-order chi connectivity index (χ0) is 12.1. The van der Waals surface area contributed by atoms with Crippen LogP contribution in [0.15, 0.2) is 41.0 Å². The van der Waals surface area contributed by atoms with Crippen molar-refractivity contribution < 1.29 is 4.42 Å². The van der Waals surface area contributed by atoms with Gasteiger partial charge in [0, 0.05) is 6.54 Å². The highest BCUT2D eigenvalue weighted by atomic mass is 16.3. The highest BCUT2D eigenvalue weighted by Crippen LogP contribution is 2.09. The fourth-order valence-corrected chi connectivity index (χ4v) is 1.80. The fourth-order valence-electron chi connectivity index (χ4n) is 1.80. The summed E-state index contributed by atoms with van der Waals surface area (Å²) in [5, 5.41) is 3.39. The minimum absolute atomic E-state index is 0.786. The summed E-state index contributed by atoms with van der Waals surface area (Å²) in [5.74, 6) is 1.02. The molecular formula is C15H19NO. The number of aryl methyl sites for hydroxylation is 2. The molecule has 1 N–H and O–H groups in total. The van der Waals surface area contributed by atoms with Crippen molar-refractivity contribution in [1.29, 1.82) is 0 Å². The largest absolute Gasteiger partial charge is 0.468 e. The lowest BCUT2D eigenvalue weighted by atomic mass is 10.1. The van der Waals surface area contributed by atoms with E-state index in [4.69, 9.17) is 4.42 Å². The van der Waals surface area contributed by atoms with Gasteiger partial charge in [0.15, 0.2) is 0 Å². The van der Waals surface area contributed by atoms with Crippen molar-refractivity contribution in [2.45, 2.75) is 33.4 Å². The fraction of sp³-hybridized carbons (Fsp3) is 0.333. The predicted molar refractivity (Wildman–Crippen MR) is 69.8 cm³/mol. The van der Waals surface area contributed by atoms with E-state index in [1.807, 2.05) is 6.07 Å². The Bertz CT molecular complexity index is 456. The predicted octanol–water partition coefficient (Wildman–Crippen LogP) is 3.44. The normalized spacial score (nSPS) is 10.7. The second kappa shape index (κ2) is 5.69. The van der Waals surface area contributed by atoms with Crippen LogP contribution in [0.25, 0.3) is 0 Å². The summed E-state index contributed by atoms with van der Waals surface area (Å²) in [6, 6.07) is 10.7. The summed E-state index contributed by atoms with van der Waals surface area (Å²) in [5.41, 5.74) is 3.90. The first-order chi connectivity index (χ1) is 8.29. The minimum atomic E-state index is 0.786. The smallest absolute Gasteiger partial charge is 0.120 e. The molecule has 2 rings (SSSR count). The lowest BCUT2D eigenvalue weighted by molar-refractivity contribution is 0.480. The van der Waals surface area contributed by atoms with Crippen molar-refractivity contribution in [3.63, 3.8) is 0 Å². The molecule has 90 valence electrons. The Balaban J connectivity index is 1.83. The molecule has 2 nitrogen and oxygen atoms in total. The average Bonchev–Trinajstić information content (AvgIpc) is 2.76. The number of furan rings is 1. The van der Waals surface area contributed by atoms with E-state index in [-0.39, 0.29) is 0 Å². The maximum atomic E-state index is 5.38. The van der Waals surface area contributed by atoms with Crippen LogP contribution in [0.3, 0.4) is 0 Å².